The zero-order valence-corrected chi connectivity index (χ0v) is 8.84. The fourth-order valence-corrected chi connectivity index (χ4v) is 0.997. The highest BCUT2D eigenvalue weighted by atomic mass is 35.5. The van der Waals surface area contributed by atoms with Gasteiger partial charge in [0.1, 0.15) is 11.1 Å². The maximum absolute atomic E-state index is 11.2. The molecule has 0 saturated heterocycles. The van der Waals surface area contributed by atoms with Gasteiger partial charge in [0.05, 0.1) is 7.11 Å². The maximum atomic E-state index is 11.2. The van der Waals surface area contributed by atoms with Gasteiger partial charge in [-0.15, -0.1) is 11.6 Å². The summed E-state index contributed by atoms with van der Waals surface area (Å²) in [5, 5.41) is 2.12. The lowest BCUT2D eigenvalue weighted by Gasteiger charge is -2.07. The number of nitrogens with one attached hydrogen (secondary N) is 1. The molecule has 1 unspecified atom stereocenters. The number of halogens is 1. The molecule has 1 aromatic carbocycles. The molecular weight excluding hydrogens is 202 g/mol. The number of hydrogen-bond acceptors (Lipinski definition) is 2. The first-order valence-electron chi connectivity index (χ1n) is 4.22. The predicted octanol–water partition coefficient (Wildman–Crippen LogP) is 2.26. The van der Waals surface area contributed by atoms with Crippen molar-refractivity contribution in [2.24, 2.45) is 0 Å². The van der Waals surface area contributed by atoms with Gasteiger partial charge >= 0.3 is 0 Å². The quantitative estimate of drug-likeness (QED) is 0.783. The van der Waals surface area contributed by atoms with Crippen LogP contribution in [-0.4, -0.2) is 18.4 Å². The van der Waals surface area contributed by atoms with E-state index in [-0.39, 0.29) is 5.91 Å². The fourth-order valence-electron chi connectivity index (χ4n) is 0.943. The molecule has 0 aliphatic rings. The van der Waals surface area contributed by atoms with Crippen molar-refractivity contribution in [3.8, 4) is 5.75 Å². The first-order valence-corrected chi connectivity index (χ1v) is 4.66. The van der Waals surface area contributed by atoms with Gasteiger partial charge in [-0.05, 0) is 19.1 Å². The smallest absolute Gasteiger partial charge is 0.242 e. The van der Waals surface area contributed by atoms with Crippen molar-refractivity contribution in [2.45, 2.75) is 12.3 Å². The zero-order chi connectivity index (χ0) is 10.6. The SMILES string of the molecule is COc1cccc(NC(=O)C(C)Cl)c1. The Hall–Kier alpha value is -1.22. The van der Waals surface area contributed by atoms with Crippen LogP contribution in [0, 0.1) is 0 Å². The molecule has 3 nitrogen and oxygen atoms in total. The van der Waals surface area contributed by atoms with Gasteiger partial charge in [0.2, 0.25) is 5.91 Å². The summed E-state index contributed by atoms with van der Waals surface area (Å²) in [5.74, 6) is 0.477. The Balaban J connectivity index is 2.72. The number of hydrogen-bond donors (Lipinski definition) is 1. The minimum absolute atomic E-state index is 0.222. The van der Waals surface area contributed by atoms with Gasteiger partial charge in [-0.3, -0.25) is 4.79 Å². The number of amides is 1. The zero-order valence-electron chi connectivity index (χ0n) is 8.08. The molecule has 1 aromatic rings. The van der Waals surface area contributed by atoms with Crippen molar-refractivity contribution in [1.82, 2.24) is 0 Å². The highest BCUT2D eigenvalue weighted by Gasteiger charge is 2.08. The summed E-state index contributed by atoms with van der Waals surface area (Å²) in [5.41, 5.74) is 0.682. The summed E-state index contributed by atoms with van der Waals surface area (Å²) in [6.07, 6.45) is 0. The maximum Gasteiger partial charge on any atom is 0.242 e. The molecule has 1 amide bonds. The lowest BCUT2D eigenvalue weighted by Crippen LogP contribution is -2.20. The molecule has 0 aliphatic heterocycles. The van der Waals surface area contributed by atoms with Gasteiger partial charge < -0.3 is 10.1 Å². The third-order valence-electron chi connectivity index (χ3n) is 1.70. The van der Waals surface area contributed by atoms with E-state index in [2.05, 4.69) is 5.32 Å². The number of benzene rings is 1. The normalized spacial score (nSPS) is 11.9. The number of carbonyl (C=O) groups excluding carboxylic acids is 1. The van der Waals surface area contributed by atoms with E-state index in [0.717, 1.165) is 0 Å². The standard InChI is InChI=1S/C10H12ClNO2/c1-7(11)10(13)12-8-4-3-5-9(6-8)14-2/h3-7H,1-2H3,(H,12,13). The Morgan fingerprint density at radius 3 is 2.86 bits per heavy atom. The molecule has 0 saturated carbocycles. The third-order valence-corrected chi connectivity index (χ3v) is 1.90. The molecule has 14 heavy (non-hydrogen) atoms. The first kappa shape index (κ1) is 10.9. The second-order valence-electron chi connectivity index (χ2n) is 2.84. The van der Waals surface area contributed by atoms with Crippen molar-refractivity contribution < 1.29 is 9.53 Å². The number of anilines is 1. The molecule has 76 valence electrons. The molecule has 0 aliphatic carbocycles. The fraction of sp³-hybridized carbons (Fsp3) is 0.300. The van der Waals surface area contributed by atoms with Crippen LogP contribution in [0.15, 0.2) is 24.3 Å². The molecule has 1 atom stereocenters. The second-order valence-corrected chi connectivity index (χ2v) is 3.49. The van der Waals surface area contributed by atoms with Gasteiger partial charge in [-0.1, -0.05) is 6.07 Å². The molecule has 0 aromatic heterocycles. The Labute approximate surface area is 88.0 Å². The number of alkyl halides is 1. The lowest BCUT2D eigenvalue weighted by atomic mass is 10.3. The molecule has 0 radical (unpaired) electrons. The van der Waals surface area contributed by atoms with Gasteiger partial charge in [-0.25, -0.2) is 0 Å². The first-order chi connectivity index (χ1) is 6.63. The van der Waals surface area contributed by atoms with Crippen molar-refractivity contribution in [3.63, 3.8) is 0 Å². The summed E-state index contributed by atoms with van der Waals surface area (Å²) in [4.78, 5) is 11.2. The van der Waals surface area contributed by atoms with Gasteiger partial charge in [-0.2, -0.15) is 0 Å². The Bertz CT molecular complexity index is 326. The Kier molecular flexibility index (Phi) is 3.77. The van der Waals surface area contributed by atoms with Gasteiger partial charge in [0.25, 0.3) is 0 Å². The number of ether oxygens (including phenoxy) is 1. The van der Waals surface area contributed by atoms with E-state index < -0.39 is 5.38 Å². The van der Waals surface area contributed by atoms with Crippen molar-refractivity contribution in [2.75, 3.05) is 12.4 Å². The van der Waals surface area contributed by atoms with Gasteiger partial charge in [0, 0.05) is 11.8 Å². The van der Waals surface area contributed by atoms with Crippen LogP contribution in [0.1, 0.15) is 6.92 Å². The largest absolute Gasteiger partial charge is 0.497 e. The van der Waals surface area contributed by atoms with Crippen molar-refractivity contribution in [1.29, 1.82) is 0 Å². The number of rotatable bonds is 3. The van der Waals surface area contributed by atoms with Crippen LogP contribution in [0.25, 0.3) is 0 Å². The summed E-state index contributed by atoms with van der Waals surface area (Å²) in [6.45, 7) is 1.62. The van der Waals surface area contributed by atoms with E-state index in [1.807, 2.05) is 0 Å². The predicted molar refractivity (Wildman–Crippen MR) is 56.9 cm³/mol. The molecule has 1 N–H and O–H groups in total. The van der Waals surface area contributed by atoms with Crippen molar-refractivity contribution >= 4 is 23.2 Å². The summed E-state index contributed by atoms with van der Waals surface area (Å²) >= 11 is 5.61. The Morgan fingerprint density at radius 1 is 1.57 bits per heavy atom. The highest BCUT2D eigenvalue weighted by Crippen LogP contribution is 2.17. The van der Waals surface area contributed by atoms with Crippen LogP contribution in [0.4, 0.5) is 5.69 Å². The van der Waals surface area contributed by atoms with Crippen LogP contribution < -0.4 is 10.1 Å². The van der Waals surface area contributed by atoms with Crippen LogP contribution in [0.5, 0.6) is 5.75 Å². The molecule has 0 bridgehead atoms. The minimum atomic E-state index is -0.541. The van der Waals surface area contributed by atoms with Crippen molar-refractivity contribution in [3.05, 3.63) is 24.3 Å². The number of carbonyl (C=O) groups is 1. The molecule has 0 spiro atoms. The van der Waals surface area contributed by atoms with Crippen LogP contribution in [0.2, 0.25) is 0 Å². The van der Waals surface area contributed by atoms with E-state index in [4.69, 9.17) is 16.3 Å². The Morgan fingerprint density at radius 2 is 2.29 bits per heavy atom. The van der Waals surface area contributed by atoms with E-state index in [1.165, 1.54) is 0 Å². The third kappa shape index (κ3) is 2.92. The summed E-state index contributed by atoms with van der Waals surface area (Å²) < 4.78 is 5.01. The van der Waals surface area contributed by atoms with E-state index in [1.54, 1.807) is 38.3 Å². The summed E-state index contributed by atoms with van der Waals surface area (Å²) in [7, 11) is 1.57. The average molecular weight is 214 g/mol. The monoisotopic (exact) mass is 213 g/mol. The van der Waals surface area contributed by atoms with E-state index in [0.29, 0.717) is 11.4 Å². The van der Waals surface area contributed by atoms with E-state index >= 15 is 0 Å². The second kappa shape index (κ2) is 4.86. The number of methoxy groups -OCH3 is 1. The molecule has 1 rings (SSSR count). The lowest BCUT2D eigenvalue weighted by molar-refractivity contribution is -0.115. The van der Waals surface area contributed by atoms with E-state index in [9.17, 15) is 4.79 Å². The molecule has 0 fully saturated rings. The highest BCUT2D eigenvalue weighted by molar-refractivity contribution is 6.32. The van der Waals surface area contributed by atoms with Gasteiger partial charge in [0.15, 0.2) is 0 Å². The van der Waals surface area contributed by atoms with Crippen LogP contribution in [-0.2, 0) is 4.79 Å². The summed E-state index contributed by atoms with van der Waals surface area (Å²) in [6, 6.07) is 7.12. The molecule has 4 heteroatoms. The topological polar surface area (TPSA) is 38.3 Å². The average Bonchev–Trinajstić information content (AvgIpc) is 2.18. The molecular formula is C10H12ClNO2. The van der Waals surface area contributed by atoms with Crippen LogP contribution in [0.3, 0.4) is 0 Å². The minimum Gasteiger partial charge on any atom is -0.497 e. The van der Waals surface area contributed by atoms with Crippen LogP contribution >= 0.6 is 11.6 Å². The molecule has 0 heterocycles.